The molecule has 0 bridgehead atoms. The van der Waals surface area contributed by atoms with Crippen LogP contribution in [0.15, 0.2) is 0 Å². The van der Waals surface area contributed by atoms with E-state index in [1.807, 2.05) is 0 Å². The van der Waals surface area contributed by atoms with Crippen LogP contribution in [-0.2, 0) is 0 Å². The molecule has 1 N–H and O–H groups in total. The molecule has 2 heteroatoms. The van der Waals surface area contributed by atoms with Crippen LogP contribution in [0.2, 0.25) is 0 Å². The molecule has 1 saturated heterocycles. The van der Waals surface area contributed by atoms with Crippen LogP contribution in [0.4, 0.5) is 0 Å². The normalized spacial score (nSPS) is 34.1. The Hall–Kier alpha value is -0.0800. The van der Waals surface area contributed by atoms with Crippen LogP contribution in [-0.4, -0.2) is 36.6 Å². The van der Waals surface area contributed by atoms with Gasteiger partial charge in [0.15, 0.2) is 0 Å². The first-order valence-electron chi connectivity index (χ1n) is 8.91. The zero-order chi connectivity index (χ0) is 12.9. The third kappa shape index (κ3) is 3.72. The number of nitrogens with zero attached hydrogens (tertiary/aromatic N) is 1. The standard InChI is InChI=1S/C17H32N2/c1-2-4-9-16(8-3-1)18-12-14-19-13-11-15-7-5-6-10-17(15)19/h15-18H,1-14H2. The van der Waals surface area contributed by atoms with E-state index in [0.717, 1.165) is 18.0 Å². The van der Waals surface area contributed by atoms with Crippen molar-refractivity contribution in [2.24, 2.45) is 5.92 Å². The molecule has 0 aromatic carbocycles. The monoisotopic (exact) mass is 264 g/mol. The number of hydrogen-bond donors (Lipinski definition) is 1. The summed E-state index contributed by atoms with van der Waals surface area (Å²) in [6.45, 7) is 3.91. The number of likely N-dealkylation sites (tertiary alicyclic amines) is 1. The first-order chi connectivity index (χ1) is 9.43. The van der Waals surface area contributed by atoms with E-state index < -0.39 is 0 Å². The van der Waals surface area contributed by atoms with Crippen LogP contribution >= 0.6 is 0 Å². The summed E-state index contributed by atoms with van der Waals surface area (Å²) in [5.41, 5.74) is 0. The first-order valence-corrected chi connectivity index (χ1v) is 8.91. The quantitative estimate of drug-likeness (QED) is 0.781. The predicted octanol–water partition coefficient (Wildman–Crippen LogP) is 3.56. The van der Waals surface area contributed by atoms with Gasteiger partial charge in [-0.25, -0.2) is 0 Å². The molecule has 3 fully saturated rings. The molecule has 0 aromatic heterocycles. The molecule has 2 nitrogen and oxygen atoms in total. The molecule has 0 amide bonds. The van der Waals surface area contributed by atoms with Gasteiger partial charge in [0, 0.05) is 25.2 Å². The molecule has 0 spiro atoms. The van der Waals surface area contributed by atoms with E-state index in [1.165, 1.54) is 90.3 Å². The van der Waals surface area contributed by atoms with Crippen molar-refractivity contribution >= 4 is 0 Å². The van der Waals surface area contributed by atoms with Gasteiger partial charge < -0.3 is 5.32 Å². The highest BCUT2D eigenvalue weighted by molar-refractivity contribution is 4.90. The summed E-state index contributed by atoms with van der Waals surface area (Å²) in [6, 6.07) is 1.77. The number of nitrogens with one attached hydrogen (secondary N) is 1. The van der Waals surface area contributed by atoms with E-state index >= 15 is 0 Å². The highest BCUT2D eigenvalue weighted by Crippen LogP contribution is 2.35. The molecule has 3 rings (SSSR count). The molecule has 2 unspecified atom stereocenters. The van der Waals surface area contributed by atoms with Gasteiger partial charge >= 0.3 is 0 Å². The van der Waals surface area contributed by atoms with Crippen LogP contribution in [0.3, 0.4) is 0 Å². The Kier molecular flexibility index (Phi) is 5.17. The van der Waals surface area contributed by atoms with Gasteiger partial charge in [-0.15, -0.1) is 0 Å². The average molecular weight is 264 g/mol. The Morgan fingerprint density at radius 1 is 0.789 bits per heavy atom. The second kappa shape index (κ2) is 7.08. The van der Waals surface area contributed by atoms with Gasteiger partial charge in [0.1, 0.15) is 0 Å². The van der Waals surface area contributed by atoms with E-state index in [0.29, 0.717) is 0 Å². The maximum Gasteiger partial charge on any atom is 0.0124 e. The van der Waals surface area contributed by atoms with Crippen molar-refractivity contribution in [3.63, 3.8) is 0 Å². The molecule has 2 aliphatic carbocycles. The molecule has 19 heavy (non-hydrogen) atoms. The lowest BCUT2D eigenvalue weighted by atomic mass is 9.85. The fraction of sp³-hybridized carbons (Fsp3) is 1.00. The molecule has 0 aromatic rings. The number of hydrogen-bond acceptors (Lipinski definition) is 2. The average Bonchev–Trinajstić information content (AvgIpc) is 2.68. The van der Waals surface area contributed by atoms with E-state index in [2.05, 4.69) is 10.2 Å². The number of fused-ring (bicyclic) bond motifs is 1. The van der Waals surface area contributed by atoms with Crippen molar-refractivity contribution in [2.75, 3.05) is 19.6 Å². The third-order valence-electron chi connectivity index (χ3n) is 5.81. The third-order valence-corrected chi connectivity index (χ3v) is 5.81. The van der Waals surface area contributed by atoms with Crippen LogP contribution in [0.1, 0.15) is 70.6 Å². The lowest BCUT2D eigenvalue weighted by Crippen LogP contribution is -2.41. The van der Waals surface area contributed by atoms with Crippen LogP contribution < -0.4 is 5.32 Å². The summed E-state index contributed by atoms with van der Waals surface area (Å²) >= 11 is 0. The van der Waals surface area contributed by atoms with Crippen molar-refractivity contribution in [1.29, 1.82) is 0 Å². The molecular formula is C17H32N2. The lowest BCUT2D eigenvalue weighted by Gasteiger charge is -2.32. The second-order valence-electron chi connectivity index (χ2n) is 7.08. The Balaban J connectivity index is 1.37. The zero-order valence-corrected chi connectivity index (χ0v) is 12.6. The Bertz CT molecular complexity index is 258. The summed E-state index contributed by atoms with van der Waals surface area (Å²) in [5.74, 6) is 1.05. The van der Waals surface area contributed by atoms with Crippen molar-refractivity contribution < 1.29 is 0 Å². The maximum atomic E-state index is 3.84. The molecule has 1 heterocycles. The van der Waals surface area contributed by atoms with Gasteiger partial charge in [-0.2, -0.15) is 0 Å². The highest BCUT2D eigenvalue weighted by Gasteiger charge is 2.34. The van der Waals surface area contributed by atoms with E-state index in [9.17, 15) is 0 Å². The van der Waals surface area contributed by atoms with Gasteiger partial charge in [0.05, 0.1) is 0 Å². The first kappa shape index (κ1) is 13.9. The topological polar surface area (TPSA) is 15.3 Å². The van der Waals surface area contributed by atoms with Crippen LogP contribution in [0.5, 0.6) is 0 Å². The Morgan fingerprint density at radius 2 is 1.53 bits per heavy atom. The molecule has 0 radical (unpaired) electrons. The van der Waals surface area contributed by atoms with Crippen molar-refractivity contribution in [3.8, 4) is 0 Å². The van der Waals surface area contributed by atoms with Gasteiger partial charge in [0.25, 0.3) is 0 Å². The summed E-state index contributed by atoms with van der Waals surface area (Å²) in [7, 11) is 0. The van der Waals surface area contributed by atoms with E-state index in [-0.39, 0.29) is 0 Å². The van der Waals surface area contributed by atoms with Gasteiger partial charge in [0.2, 0.25) is 0 Å². The maximum absolute atomic E-state index is 3.84. The fourth-order valence-corrected chi connectivity index (χ4v) is 4.68. The lowest BCUT2D eigenvalue weighted by molar-refractivity contribution is 0.181. The SMILES string of the molecule is C1CCCC(NCCN2CCC3CCCCC32)CC1. The second-order valence-corrected chi connectivity index (χ2v) is 7.08. The van der Waals surface area contributed by atoms with Crippen molar-refractivity contribution in [3.05, 3.63) is 0 Å². The minimum absolute atomic E-state index is 0.826. The van der Waals surface area contributed by atoms with E-state index in [1.54, 1.807) is 0 Å². The predicted molar refractivity (Wildman–Crippen MR) is 81.4 cm³/mol. The van der Waals surface area contributed by atoms with Crippen molar-refractivity contribution in [1.82, 2.24) is 10.2 Å². The summed E-state index contributed by atoms with van der Waals surface area (Å²) < 4.78 is 0. The van der Waals surface area contributed by atoms with Crippen LogP contribution in [0, 0.1) is 5.92 Å². The smallest absolute Gasteiger partial charge is 0.0124 e. The summed E-state index contributed by atoms with van der Waals surface area (Å²) in [6.07, 6.45) is 16.1. The summed E-state index contributed by atoms with van der Waals surface area (Å²) in [5, 5.41) is 3.84. The molecule has 2 saturated carbocycles. The highest BCUT2D eigenvalue weighted by atomic mass is 15.2. The molecular weight excluding hydrogens is 232 g/mol. The Labute approximate surface area is 119 Å². The Morgan fingerprint density at radius 3 is 2.37 bits per heavy atom. The molecule has 1 aliphatic heterocycles. The van der Waals surface area contributed by atoms with Crippen molar-refractivity contribution in [2.45, 2.75) is 82.7 Å². The zero-order valence-electron chi connectivity index (χ0n) is 12.6. The van der Waals surface area contributed by atoms with Gasteiger partial charge in [-0.05, 0) is 44.6 Å². The number of rotatable bonds is 4. The minimum atomic E-state index is 0.826. The minimum Gasteiger partial charge on any atom is -0.313 e. The molecule has 110 valence electrons. The van der Waals surface area contributed by atoms with Gasteiger partial charge in [-0.3, -0.25) is 4.90 Å². The van der Waals surface area contributed by atoms with Gasteiger partial charge in [-0.1, -0.05) is 38.5 Å². The molecule has 2 atom stereocenters. The fourth-order valence-electron chi connectivity index (χ4n) is 4.68. The van der Waals surface area contributed by atoms with Crippen LogP contribution in [0.25, 0.3) is 0 Å². The van der Waals surface area contributed by atoms with E-state index in [4.69, 9.17) is 0 Å². The molecule has 3 aliphatic rings. The largest absolute Gasteiger partial charge is 0.313 e. The summed E-state index contributed by atoms with van der Waals surface area (Å²) in [4.78, 5) is 2.80.